The molecule has 1 rings (SSSR count). The van der Waals surface area contributed by atoms with Gasteiger partial charge in [0.15, 0.2) is 12.4 Å². The predicted octanol–water partition coefficient (Wildman–Crippen LogP) is 0.245. The SMILES string of the molecule is COC(=O)COc1ccc(C(N)=O)cc1[N+](=O)[O-]. The summed E-state index contributed by atoms with van der Waals surface area (Å²) in [4.78, 5) is 31.8. The van der Waals surface area contributed by atoms with E-state index in [9.17, 15) is 19.7 Å². The van der Waals surface area contributed by atoms with Gasteiger partial charge < -0.3 is 15.2 Å². The molecule has 0 saturated carbocycles. The fraction of sp³-hybridized carbons (Fsp3) is 0.200. The van der Waals surface area contributed by atoms with Gasteiger partial charge in [-0.15, -0.1) is 0 Å². The molecule has 0 saturated heterocycles. The van der Waals surface area contributed by atoms with Crippen molar-refractivity contribution in [3.63, 3.8) is 0 Å². The van der Waals surface area contributed by atoms with Crippen LogP contribution in [0.15, 0.2) is 18.2 Å². The lowest BCUT2D eigenvalue weighted by Crippen LogP contribution is -2.14. The van der Waals surface area contributed by atoms with Crippen molar-refractivity contribution < 1.29 is 24.0 Å². The average molecular weight is 254 g/mol. The largest absolute Gasteiger partial charge is 0.475 e. The molecule has 96 valence electrons. The molecule has 1 aromatic rings. The first-order valence-corrected chi connectivity index (χ1v) is 4.73. The van der Waals surface area contributed by atoms with Crippen LogP contribution in [0.25, 0.3) is 0 Å². The summed E-state index contributed by atoms with van der Waals surface area (Å²) in [6.07, 6.45) is 0. The standard InChI is InChI=1S/C10H10N2O6/c1-17-9(13)5-18-8-3-2-6(10(11)14)4-7(8)12(15)16/h2-4H,5H2,1H3,(H2,11,14). The summed E-state index contributed by atoms with van der Waals surface area (Å²) in [7, 11) is 1.16. The third-order valence-corrected chi connectivity index (χ3v) is 2.01. The van der Waals surface area contributed by atoms with Gasteiger partial charge in [0.2, 0.25) is 5.91 Å². The van der Waals surface area contributed by atoms with Crippen molar-refractivity contribution in [1.82, 2.24) is 0 Å². The zero-order valence-electron chi connectivity index (χ0n) is 9.41. The molecule has 0 aliphatic heterocycles. The van der Waals surface area contributed by atoms with E-state index in [0.29, 0.717) is 0 Å². The number of nitro benzene ring substituents is 1. The first kappa shape index (κ1) is 13.4. The number of amides is 1. The monoisotopic (exact) mass is 254 g/mol. The second kappa shape index (κ2) is 5.62. The fourth-order valence-electron chi connectivity index (χ4n) is 1.13. The van der Waals surface area contributed by atoms with E-state index in [0.717, 1.165) is 13.2 Å². The van der Waals surface area contributed by atoms with Gasteiger partial charge >= 0.3 is 11.7 Å². The van der Waals surface area contributed by atoms with Crippen molar-refractivity contribution in [2.75, 3.05) is 13.7 Å². The Labute approximate surface area is 101 Å². The fourth-order valence-corrected chi connectivity index (χ4v) is 1.13. The quantitative estimate of drug-likeness (QED) is 0.456. The Bertz CT molecular complexity index is 499. The Morgan fingerprint density at radius 1 is 1.44 bits per heavy atom. The summed E-state index contributed by atoms with van der Waals surface area (Å²) in [6, 6.07) is 3.44. The van der Waals surface area contributed by atoms with Crippen LogP contribution in [-0.2, 0) is 9.53 Å². The lowest BCUT2D eigenvalue weighted by molar-refractivity contribution is -0.385. The van der Waals surface area contributed by atoms with Crippen LogP contribution in [0.5, 0.6) is 5.75 Å². The molecule has 0 unspecified atom stereocenters. The van der Waals surface area contributed by atoms with Crippen LogP contribution in [-0.4, -0.2) is 30.5 Å². The van der Waals surface area contributed by atoms with Crippen LogP contribution in [0.2, 0.25) is 0 Å². The van der Waals surface area contributed by atoms with E-state index in [-0.39, 0.29) is 11.3 Å². The van der Waals surface area contributed by atoms with Crippen molar-refractivity contribution in [1.29, 1.82) is 0 Å². The molecule has 0 fully saturated rings. The zero-order valence-corrected chi connectivity index (χ0v) is 9.41. The number of rotatable bonds is 5. The Balaban J connectivity index is 3.00. The number of nitrogens with zero attached hydrogens (tertiary/aromatic N) is 1. The molecule has 0 spiro atoms. The molecule has 8 nitrogen and oxygen atoms in total. The van der Waals surface area contributed by atoms with Gasteiger partial charge in [-0.2, -0.15) is 0 Å². The normalized spacial score (nSPS) is 9.61. The Morgan fingerprint density at radius 2 is 2.11 bits per heavy atom. The number of ether oxygens (including phenoxy) is 2. The smallest absolute Gasteiger partial charge is 0.343 e. The molecular formula is C10H10N2O6. The van der Waals surface area contributed by atoms with E-state index in [4.69, 9.17) is 10.5 Å². The van der Waals surface area contributed by atoms with Crippen molar-refractivity contribution in [2.45, 2.75) is 0 Å². The van der Waals surface area contributed by atoms with Crippen LogP contribution in [0, 0.1) is 10.1 Å². The molecule has 18 heavy (non-hydrogen) atoms. The number of carbonyl (C=O) groups excluding carboxylic acids is 2. The Kier molecular flexibility index (Phi) is 4.19. The van der Waals surface area contributed by atoms with E-state index in [1.807, 2.05) is 0 Å². The van der Waals surface area contributed by atoms with E-state index in [2.05, 4.69) is 4.74 Å². The highest BCUT2D eigenvalue weighted by Gasteiger charge is 2.18. The van der Waals surface area contributed by atoms with Gasteiger partial charge in [-0.25, -0.2) is 4.79 Å². The third-order valence-electron chi connectivity index (χ3n) is 2.01. The van der Waals surface area contributed by atoms with Crippen LogP contribution in [0.1, 0.15) is 10.4 Å². The summed E-state index contributed by atoms with van der Waals surface area (Å²) in [5.74, 6) is -1.61. The number of hydrogen-bond donors (Lipinski definition) is 1. The number of esters is 1. The minimum atomic E-state index is -0.794. The highest BCUT2D eigenvalue weighted by Crippen LogP contribution is 2.27. The van der Waals surface area contributed by atoms with Crippen LogP contribution in [0.4, 0.5) is 5.69 Å². The maximum atomic E-state index is 10.9. The van der Waals surface area contributed by atoms with Gasteiger partial charge in [0, 0.05) is 11.6 Å². The first-order valence-electron chi connectivity index (χ1n) is 4.73. The highest BCUT2D eigenvalue weighted by molar-refractivity contribution is 5.93. The minimum Gasteiger partial charge on any atom is -0.475 e. The average Bonchev–Trinajstić information content (AvgIpc) is 2.35. The van der Waals surface area contributed by atoms with Gasteiger partial charge in [0.05, 0.1) is 12.0 Å². The molecule has 0 heterocycles. The van der Waals surface area contributed by atoms with Crippen molar-refractivity contribution >= 4 is 17.6 Å². The maximum absolute atomic E-state index is 10.9. The van der Waals surface area contributed by atoms with E-state index >= 15 is 0 Å². The number of primary amides is 1. The van der Waals surface area contributed by atoms with Gasteiger partial charge in [0.25, 0.3) is 0 Å². The number of nitrogens with two attached hydrogens (primary N) is 1. The van der Waals surface area contributed by atoms with Crippen LogP contribution < -0.4 is 10.5 Å². The molecule has 0 aliphatic rings. The number of benzene rings is 1. The molecule has 0 aromatic heterocycles. The Hall–Kier alpha value is -2.64. The van der Waals surface area contributed by atoms with Crippen molar-refractivity contribution in [3.8, 4) is 5.75 Å². The molecule has 8 heteroatoms. The summed E-state index contributed by atoms with van der Waals surface area (Å²) in [5.41, 5.74) is 4.53. The highest BCUT2D eigenvalue weighted by atomic mass is 16.6. The zero-order chi connectivity index (χ0) is 13.7. The lowest BCUT2D eigenvalue weighted by atomic mass is 10.2. The first-order chi connectivity index (χ1) is 8.45. The van der Waals surface area contributed by atoms with Gasteiger partial charge in [-0.05, 0) is 12.1 Å². The third kappa shape index (κ3) is 3.17. The number of nitro groups is 1. The summed E-state index contributed by atoms with van der Waals surface area (Å²) >= 11 is 0. The maximum Gasteiger partial charge on any atom is 0.343 e. The predicted molar refractivity (Wildman–Crippen MR) is 59.1 cm³/mol. The molecular weight excluding hydrogens is 244 g/mol. The number of methoxy groups -OCH3 is 1. The topological polar surface area (TPSA) is 122 Å². The molecule has 0 atom stereocenters. The minimum absolute atomic E-state index is 0.0212. The van der Waals surface area contributed by atoms with Crippen LogP contribution >= 0.6 is 0 Å². The van der Waals surface area contributed by atoms with Gasteiger partial charge in [-0.1, -0.05) is 0 Å². The number of hydrogen-bond acceptors (Lipinski definition) is 6. The summed E-state index contributed by atoms with van der Waals surface area (Å²) < 4.78 is 9.24. The molecule has 0 aliphatic carbocycles. The van der Waals surface area contributed by atoms with E-state index < -0.39 is 29.1 Å². The lowest BCUT2D eigenvalue weighted by Gasteiger charge is -2.06. The molecule has 0 bridgehead atoms. The van der Waals surface area contributed by atoms with Crippen molar-refractivity contribution in [2.24, 2.45) is 5.73 Å². The molecule has 2 N–H and O–H groups in total. The second-order valence-corrected chi connectivity index (χ2v) is 3.17. The number of carbonyl (C=O) groups is 2. The van der Waals surface area contributed by atoms with Gasteiger partial charge in [0.1, 0.15) is 0 Å². The van der Waals surface area contributed by atoms with E-state index in [1.165, 1.54) is 12.1 Å². The Morgan fingerprint density at radius 3 is 2.61 bits per heavy atom. The van der Waals surface area contributed by atoms with Crippen LogP contribution in [0.3, 0.4) is 0 Å². The molecule has 1 amide bonds. The molecule has 1 aromatic carbocycles. The van der Waals surface area contributed by atoms with E-state index in [1.54, 1.807) is 0 Å². The summed E-state index contributed by atoms with van der Waals surface area (Å²) in [6.45, 7) is -0.465. The van der Waals surface area contributed by atoms with Crippen molar-refractivity contribution in [3.05, 3.63) is 33.9 Å². The van der Waals surface area contributed by atoms with Gasteiger partial charge in [-0.3, -0.25) is 14.9 Å². The molecule has 0 radical (unpaired) electrons. The summed E-state index contributed by atoms with van der Waals surface area (Å²) in [5, 5.41) is 10.8. The second-order valence-electron chi connectivity index (χ2n) is 3.17.